The minimum absolute atomic E-state index is 0.192. The quantitative estimate of drug-likeness (QED) is 0.623. The lowest BCUT2D eigenvalue weighted by molar-refractivity contribution is -0.148. The van der Waals surface area contributed by atoms with Crippen LogP contribution in [0.25, 0.3) is 0 Å². The van der Waals surface area contributed by atoms with Gasteiger partial charge in [-0.1, -0.05) is 23.2 Å². The summed E-state index contributed by atoms with van der Waals surface area (Å²) in [5.74, 6) is -2.11. The van der Waals surface area contributed by atoms with Crippen LogP contribution in [0.1, 0.15) is 13.8 Å². The summed E-state index contributed by atoms with van der Waals surface area (Å²) in [4.78, 5) is 34.5. The van der Waals surface area contributed by atoms with Crippen molar-refractivity contribution in [3.8, 4) is 0 Å². The van der Waals surface area contributed by atoms with Gasteiger partial charge in [0.25, 0.3) is 5.91 Å². The predicted octanol–water partition coefficient (Wildman–Crippen LogP) is 2.98. The van der Waals surface area contributed by atoms with Gasteiger partial charge in [-0.3, -0.25) is 4.79 Å². The Labute approximate surface area is 143 Å². The van der Waals surface area contributed by atoms with Gasteiger partial charge in [0.1, 0.15) is 0 Å². The fraction of sp³-hybridized carbons (Fsp3) is 0.267. The van der Waals surface area contributed by atoms with Gasteiger partial charge < -0.3 is 14.8 Å². The maximum Gasteiger partial charge on any atom is 0.331 e. The second-order valence-corrected chi connectivity index (χ2v) is 5.12. The van der Waals surface area contributed by atoms with Gasteiger partial charge in [0.2, 0.25) is 0 Å². The van der Waals surface area contributed by atoms with Crippen molar-refractivity contribution in [3.05, 3.63) is 40.4 Å². The minimum atomic E-state index is -1.09. The van der Waals surface area contributed by atoms with Crippen LogP contribution in [-0.4, -0.2) is 30.6 Å². The van der Waals surface area contributed by atoms with Gasteiger partial charge in [0.05, 0.1) is 17.3 Å². The van der Waals surface area contributed by atoms with E-state index in [1.54, 1.807) is 13.0 Å². The van der Waals surface area contributed by atoms with Crippen LogP contribution < -0.4 is 5.32 Å². The lowest BCUT2D eigenvalue weighted by atomic mass is 10.3. The molecule has 8 heteroatoms. The van der Waals surface area contributed by atoms with Crippen LogP contribution >= 0.6 is 23.2 Å². The number of nitrogens with one attached hydrogen (secondary N) is 1. The maximum absolute atomic E-state index is 11.9. The van der Waals surface area contributed by atoms with Crippen LogP contribution in [0.15, 0.2) is 30.4 Å². The van der Waals surface area contributed by atoms with Crippen molar-refractivity contribution in [1.29, 1.82) is 0 Å². The fourth-order valence-corrected chi connectivity index (χ4v) is 1.76. The van der Waals surface area contributed by atoms with Crippen LogP contribution in [0.3, 0.4) is 0 Å². The van der Waals surface area contributed by atoms with Crippen molar-refractivity contribution in [3.63, 3.8) is 0 Å². The zero-order chi connectivity index (χ0) is 17.4. The van der Waals surface area contributed by atoms with Crippen LogP contribution in [0, 0.1) is 0 Å². The normalized spacial score (nSPS) is 11.8. The van der Waals surface area contributed by atoms with Crippen LogP contribution in [-0.2, 0) is 23.9 Å². The van der Waals surface area contributed by atoms with Gasteiger partial charge >= 0.3 is 11.9 Å². The number of halogens is 2. The molecule has 0 heterocycles. The van der Waals surface area contributed by atoms with E-state index in [0.29, 0.717) is 15.7 Å². The highest BCUT2D eigenvalue weighted by molar-refractivity contribution is 6.35. The third kappa shape index (κ3) is 6.71. The number of carbonyl (C=O) groups excluding carboxylic acids is 3. The molecular weight excluding hydrogens is 345 g/mol. The summed E-state index contributed by atoms with van der Waals surface area (Å²) < 4.78 is 9.47. The highest BCUT2D eigenvalue weighted by Crippen LogP contribution is 2.25. The molecule has 1 aromatic carbocycles. The van der Waals surface area contributed by atoms with Crippen LogP contribution in [0.5, 0.6) is 0 Å². The fourth-order valence-electron chi connectivity index (χ4n) is 1.42. The van der Waals surface area contributed by atoms with E-state index in [9.17, 15) is 14.4 Å². The largest absolute Gasteiger partial charge is 0.463 e. The molecule has 0 aliphatic heterocycles. The molecule has 0 unspecified atom stereocenters. The zero-order valence-electron chi connectivity index (χ0n) is 12.5. The Bertz CT molecular complexity index is 630. The van der Waals surface area contributed by atoms with E-state index < -0.39 is 23.9 Å². The first-order valence-corrected chi connectivity index (χ1v) is 7.40. The number of rotatable bonds is 6. The van der Waals surface area contributed by atoms with E-state index in [2.05, 4.69) is 10.1 Å². The Kier molecular flexibility index (Phi) is 7.57. The van der Waals surface area contributed by atoms with Gasteiger partial charge in [-0.25, -0.2) is 9.59 Å². The smallest absolute Gasteiger partial charge is 0.331 e. The van der Waals surface area contributed by atoms with Crippen molar-refractivity contribution in [1.82, 2.24) is 0 Å². The second-order valence-electron chi connectivity index (χ2n) is 4.28. The van der Waals surface area contributed by atoms with E-state index in [1.165, 1.54) is 19.1 Å². The Balaban J connectivity index is 2.58. The van der Waals surface area contributed by atoms with Gasteiger partial charge in [-0.15, -0.1) is 0 Å². The van der Waals surface area contributed by atoms with Crippen LogP contribution in [0.2, 0.25) is 10.0 Å². The first-order chi connectivity index (χ1) is 10.8. The highest BCUT2D eigenvalue weighted by Gasteiger charge is 2.18. The summed E-state index contributed by atoms with van der Waals surface area (Å²) >= 11 is 11.7. The maximum atomic E-state index is 11.9. The molecule has 0 aliphatic carbocycles. The summed E-state index contributed by atoms with van der Waals surface area (Å²) in [5.41, 5.74) is 0.300. The summed E-state index contributed by atoms with van der Waals surface area (Å²) in [6, 6.07) is 4.57. The van der Waals surface area contributed by atoms with Crippen molar-refractivity contribution in [2.24, 2.45) is 0 Å². The van der Waals surface area contributed by atoms with Gasteiger partial charge in [-0.2, -0.15) is 0 Å². The molecule has 1 amide bonds. The van der Waals surface area contributed by atoms with Gasteiger partial charge in [-0.05, 0) is 32.0 Å². The number of hydrogen-bond acceptors (Lipinski definition) is 5. The Hall–Kier alpha value is -2.05. The molecule has 0 spiro atoms. The molecule has 0 saturated heterocycles. The van der Waals surface area contributed by atoms with E-state index in [0.717, 1.165) is 12.2 Å². The number of carbonyl (C=O) groups is 3. The number of ether oxygens (including phenoxy) is 2. The summed E-state index contributed by atoms with van der Waals surface area (Å²) in [6.07, 6.45) is 0.711. The number of esters is 2. The third-order valence-corrected chi connectivity index (χ3v) is 3.06. The summed E-state index contributed by atoms with van der Waals surface area (Å²) in [7, 11) is 0. The molecule has 0 bridgehead atoms. The van der Waals surface area contributed by atoms with Crippen LogP contribution in [0.4, 0.5) is 5.69 Å². The third-order valence-electron chi connectivity index (χ3n) is 2.49. The molecule has 1 atom stereocenters. The predicted molar refractivity (Wildman–Crippen MR) is 86.4 cm³/mol. The molecule has 0 saturated carbocycles. The second kappa shape index (κ2) is 9.17. The molecule has 23 heavy (non-hydrogen) atoms. The zero-order valence-corrected chi connectivity index (χ0v) is 14.0. The first kappa shape index (κ1) is 19.0. The molecular formula is C15H15Cl2NO5. The Morgan fingerprint density at radius 2 is 1.87 bits per heavy atom. The van der Waals surface area contributed by atoms with Crippen molar-refractivity contribution in [2.45, 2.75) is 20.0 Å². The van der Waals surface area contributed by atoms with Crippen molar-refractivity contribution in [2.75, 3.05) is 11.9 Å². The molecule has 0 fully saturated rings. The van der Waals surface area contributed by atoms with Gasteiger partial charge in [0.15, 0.2) is 6.10 Å². The molecule has 0 aromatic heterocycles. The Morgan fingerprint density at radius 1 is 1.22 bits per heavy atom. The SMILES string of the molecule is CCOC(=O)/C=C/C(=O)O[C@@H](C)C(=O)Nc1cc(Cl)ccc1Cl. The number of anilines is 1. The highest BCUT2D eigenvalue weighted by atomic mass is 35.5. The molecule has 0 aliphatic rings. The molecule has 1 N–H and O–H groups in total. The van der Waals surface area contributed by atoms with Crippen molar-refractivity contribution >= 4 is 46.7 Å². The van der Waals surface area contributed by atoms with E-state index in [1.807, 2.05) is 0 Å². The Morgan fingerprint density at radius 3 is 2.52 bits per heavy atom. The molecule has 0 radical (unpaired) electrons. The number of hydrogen-bond donors (Lipinski definition) is 1. The number of benzene rings is 1. The molecule has 124 valence electrons. The standard InChI is InChI=1S/C15H15Cl2NO5/c1-3-22-13(19)6-7-14(20)23-9(2)15(21)18-12-8-10(16)4-5-11(12)17/h4-9H,3H2,1-2H3,(H,18,21)/b7-6+/t9-/m0/s1. The topological polar surface area (TPSA) is 81.7 Å². The average Bonchev–Trinajstić information content (AvgIpc) is 2.49. The van der Waals surface area contributed by atoms with E-state index >= 15 is 0 Å². The monoisotopic (exact) mass is 359 g/mol. The lowest BCUT2D eigenvalue weighted by Crippen LogP contribution is -2.29. The van der Waals surface area contributed by atoms with Crippen molar-refractivity contribution < 1.29 is 23.9 Å². The van der Waals surface area contributed by atoms with Gasteiger partial charge in [0, 0.05) is 17.2 Å². The van der Waals surface area contributed by atoms with E-state index in [4.69, 9.17) is 27.9 Å². The first-order valence-electron chi connectivity index (χ1n) is 6.64. The number of amides is 1. The lowest BCUT2D eigenvalue weighted by Gasteiger charge is -2.13. The summed E-state index contributed by atoms with van der Waals surface area (Å²) in [5, 5.41) is 3.18. The minimum Gasteiger partial charge on any atom is -0.463 e. The summed E-state index contributed by atoms with van der Waals surface area (Å²) in [6.45, 7) is 3.21. The molecule has 6 nitrogen and oxygen atoms in total. The molecule has 1 rings (SSSR count). The molecule has 1 aromatic rings. The van der Waals surface area contributed by atoms with E-state index in [-0.39, 0.29) is 6.61 Å². The average molecular weight is 360 g/mol.